The maximum atomic E-state index is 13.4. The van der Waals surface area contributed by atoms with Crippen LogP contribution in [0.4, 0.5) is 10.1 Å². The van der Waals surface area contributed by atoms with Crippen LogP contribution in [0.15, 0.2) is 48.8 Å². The Morgan fingerprint density at radius 2 is 2.00 bits per heavy atom. The molecule has 1 atom stereocenters. The van der Waals surface area contributed by atoms with Gasteiger partial charge in [-0.3, -0.25) is 4.98 Å². The molecule has 0 fully saturated rings. The lowest BCUT2D eigenvalue weighted by molar-refractivity contribution is 0.627. The van der Waals surface area contributed by atoms with Crippen molar-refractivity contribution in [1.82, 2.24) is 4.98 Å². The highest BCUT2D eigenvalue weighted by molar-refractivity contribution is 5.46. The Hall–Kier alpha value is -1.90. The quantitative estimate of drug-likeness (QED) is 0.850. The molecule has 2 rings (SSSR count). The van der Waals surface area contributed by atoms with Gasteiger partial charge in [0.15, 0.2) is 0 Å². The van der Waals surface area contributed by atoms with Gasteiger partial charge in [0, 0.05) is 12.4 Å². The third kappa shape index (κ3) is 2.37. The van der Waals surface area contributed by atoms with Crippen LogP contribution < -0.4 is 5.32 Å². The first-order valence-corrected chi connectivity index (χ1v) is 5.18. The van der Waals surface area contributed by atoms with Gasteiger partial charge in [-0.2, -0.15) is 0 Å². The molecule has 82 valence electrons. The molecule has 0 aliphatic carbocycles. The van der Waals surface area contributed by atoms with E-state index in [2.05, 4.69) is 10.3 Å². The number of aromatic nitrogens is 1. The Balaban J connectivity index is 2.14. The van der Waals surface area contributed by atoms with Gasteiger partial charge in [-0.05, 0) is 30.7 Å². The third-order valence-corrected chi connectivity index (χ3v) is 2.43. The van der Waals surface area contributed by atoms with Crippen molar-refractivity contribution < 1.29 is 4.39 Å². The van der Waals surface area contributed by atoms with Gasteiger partial charge in [0.25, 0.3) is 0 Å². The Labute approximate surface area is 94.2 Å². The predicted molar refractivity (Wildman–Crippen MR) is 62.7 cm³/mol. The van der Waals surface area contributed by atoms with Gasteiger partial charge in [-0.15, -0.1) is 0 Å². The summed E-state index contributed by atoms with van der Waals surface area (Å²) in [5.41, 5.74) is 1.55. The zero-order valence-corrected chi connectivity index (χ0v) is 9.02. The van der Waals surface area contributed by atoms with E-state index in [4.69, 9.17) is 0 Å². The molecule has 0 radical (unpaired) electrons. The lowest BCUT2D eigenvalue weighted by Crippen LogP contribution is -2.07. The largest absolute Gasteiger partial charge is 0.376 e. The van der Waals surface area contributed by atoms with Crippen molar-refractivity contribution in [3.05, 3.63) is 60.2 Å². The highest BCUT2D eigenvalue weighted by atomic mass is 19.1. The van der Waals surface area contributed by atoms with E-state index in [0.29, 0.717) is 5.69 Å². The lowest BCUT2D eigenvalue weighted by Gasteiger charge is -2.15. The Kier molecular flexibility index (Phi) is 3.15. The van der Waals surface area contributed by atoms with Gasteiger partial charge in [-0.25, -0.2) is 4.39 Å². The average Bonchev–Trinajstić information content (AvgIpc) is 2.33. The van der Waals surface area contributed by atoms with Gasteiger partial charge in [0.2, 0.25) is 0 Å². The normalized spacial score (nSPS) is 12.1. The lowest BCUT2D eigenvalue weighted by atomic mass is 10.1. The second-order valence-corrected chi connectivity index (χ2v) is 3.63. The van der Waals surface area contributed by atoms with Crippen LogP contribution in [0.3, 0.4) is 0 Å². The number of benzene rings is 1. The number of hydrogen-bond acceptors (Lipinski definition) is 2. The highest BCUT2D eigenvalue weighted by Crippen LogP contribution is 2.20. The van der Waals surface area contributed by atoms with Crippen molar-refractivity contribution in [2.75, 3.05) is 5.32 Å². The Morgan fingerprint density at radius 1 is 1.19 bits per heavy atom. The first kappa shape index (κ1) is 10.6. The summed E-state index contributed by atoms with van der Waals surface area (Å²) in [6.45, 7) is 1.98. The zero-order chi connectivity index (χ0) is 11.4. The number of nitrogens with one attached hydrogen (secondary N) is 1. The molecule has 1 aromatic carbocycles. The summed E-state index contributed by atoms with van der Waals surface area (Å²) >= 11 is 0. The van der Waals surface area contributed by atoms with Gasteiger partial charge in [-0.1, -0.05) is 18.2 Å². The van der Waals surface area contributed by atoms with E-state index in [1.54, 1.807) is 30.6 Å². The predicted octanol–water partition coefficient (Wildman–Crippen LogP) is 3.39. The van der Waals surface area contributed by atoms with Crippen molar-refractivity contribution >= 4 is 5.69 Å². The van der Waals surface area contributed by atoms with Crippen LogP contribution >= 0.6 is 0 Å². The van der Waals surface area contributed by atoms with Crippen LogP contribution in [-0.2, 0) is 0 Å². The van der Waals surface area contributed by atoms with E-state index >= 15 is 0 Å². The summed E-state index contributed by atoms with van der Waals surface area (Å²) in [4.78, 5) is 4.04. The van der Waals surface area contributed by atoms with E-state index < -0.39 is 0 Å². The molecule has 0 aliphatic heterocycles. The maximum absolute atomic E-state index is 13.4. The highest BCUT2D eigenvalue weighted by Gasteiger charge is 2.07. The smallest absolute Gasteiger partial charge is 0.146 e. The molecule has 2 aromatic rings. The topological polar surface area (TPSA) is 24.9 Å². The van der Waals surface area contributed by atoms with E-state index in [0.717, 1.165) is 5.56 Å². The molecule has 1 heterocycles. The molecule has 0 saturated carbocycles. The molecule has 0 spiro atoms. The fraction of sp³-hybridized carbons (Fsp3) is 0.154. The van der Waals surface area contributed by atoms with Gasteiger partial charge in [0.1, 0.15) is 5.82 Å². The number of para-hydroxylation sites is 1. The molecule has 0 aliphatic rings. The Morgan fingerprint density at radius 3 is 2.69 bits per heavy atom. The van der Waals surface area contributed by atoms with Gasteiger partial charge in [0.05, 0.1) is 11.7 Å². The SMILES string of the molecule is CC(Nc1ccccc1F)c1cccnc1. The first-order valence-electron chi connectivity index (χ1n) is 5.18. The van der Waals surface area contributed by atoms with Gasteiger partial charge < -0.3 is 5.32 Å². The van der Waals surface area contributed by atoms with Crippen LogP contribution in [0.25, 0.3) is 0 Å². The molecule has 2 nitrogen and oxygen atoms in total. The van der Waals surface area contributed by atoms with Crippen LogP contribution in [0.2, 0.25) is 0 Å². The fourth-order valence-corrected chi connectivity index (χ4v) is 1.53. The summed E-state index contributed by atoms with van der Waals surface area (Å²) in [5, 5.41) is 3.11. The summed E-state index contributed by atoms with van der Waals surface area (Å²) in [6, 6.07) is 10.5. The fourth-order valence-electron chi connectivity index (χ4n) is 1.53. The van der Waals surface area contributed by atoms with Crippen LogP contribution in [-0.4, -0.2) is 4.98 Å². The number of nitrogens with zero attached hydrogens (tertiary/aromatic N) is 1. The Bertz CT molecular complexity index is 456. The van der Waals surface area contributed by atoms with Crippen molar-refractivity contribution in [3.63, 3.8) is 0 Å². The monoisotopic (exact) mass is 216 g/mol. The van der Waals surface area contributed by atoms with Crippen molar-refractivity contribution in [1.29, 1.82) is 0 Å². The molecule has 1 unspecified atom stereocenters. The van der Waals surface area contributed by atoms with E-state index in [-0.39, 0.29) is 11.9 Å². The zero-order valence-electron chi connectivity index (χ0n) is 9.02. The standard InChI is InChI=1S/C13H13FN2/c1-10(11-5-4-8-15-9-11)16-13-7-3-2-6-12(13)14/h2-10,16H,1H3. The van der Waals surface area contributed by atoms with Gasteiger partial charge >= 0.3 is 0 Å². The van der Waals surface area contributed by atoms with Crippen molar-refractivity contribution in [2.45, 2.75) is 13.0 Å². The summed E-state index contributed by atoms with van der Waals surface area (Å²) in [5.74, 6) is -0.238. The van der Waals surface area contributed by atoms with E-state index in [1.165, 1.54) is 6.07 Å². The molecule has 0 bridgehead atoms. The number of pyridine rings is 1. The third-order valence-electron chi connectivity index (χ3n) is 2.43. The molecular weight excluding hydrogens is 203 g/mol. The minimum atomic E-state index is -0.238. The number of rotatable bonds is 3. The molecule has 0 amide bonds. The molecule has 0 saturated heterocycles. The van der Waals surface area contributed by atoms with Crippen LogP contribution in [0.1, 0.15) is 18.5 Å². The van der Waals surface area contributed by atoms with E-state index in [1.807, 2.05) is 19.1 Å². The van der Waals surface area contributed by atoms with Crippen LogP contribution in [0.5, 0.6) is 0 Å². The van der Waals surface area contributed by atoms with Crippen LogP contribution in [0, 0.1) is 5.82 Å². The minimum Gasteiger partial charge on any atom is -0.376 e. The molecule has 16 heavy (non-hydrogen) atoms. The molecular formula is C13H13FN2. The second-order valence-electron chi connectivity index (χ2n) is 3.63. The molecule has 3 heteroatoms. The minimum absolute atomic E-state index is 0.0330. The van der Waals surface area contributed by atoms with Crippen molar-refractivity contribution in [3.8, 4) is 0 Å². The number of anilines is 1. The molecule has 1 aromatic heterocycles. The molecule has 1 N–H and O–H groups in total. The van der Waals surface area contributed by atoms with E-state index in [9.17, 15) is 4.39 Å². The summed E-state index contributed by atoms with van der Waals surface area (Å²) < 4.78 is 13.4. The average molecular weight is 216 g/mol. The van der Waals surface area contributed by atoms with Crippen molar-refractivity contribution in [2.24, 2.45) is 0 Å². The number of halogens is 1. The second kappa shape index (κ2) is 4.75. The first-order chi connectivity index (χ1) is 7.77. The summed E-state index contributed by atoms with van der Waals surface area (Å²) in [7, 11) is 0. The summed E-state index contributed by atoms with van der Waals surface area (Å²) in [6.07, 6.45) is 3.50. The number of hydrogen-bond donors (Lipinski definition) is 1. The maximum Gasteiger partial charge on any atom is 0.146 e.